The van der Waals surface area contributed by atoms with Crippen LogP contribution in [0.4, 0.5) is 5.69 Å². The number of carbonyl (C=O) groups is 2. The minimum Gasteiger partial charge on any atom is -0.507 e. The Bertz CT molecular complexity index is 1310. The Labute approximate surface area is 205 Å². The molecule has 4 rings (SSSR count). The van der Waals surface area contributed by atoms with E-state index in [0.717, 1.165) is 11.1 Å². The number of anilines is 1. The van der Waals surface area contributed by atoms with Gasteiger partial charge in [0, 0.05) is 17.3 Å². The van der Waals surface area contributed by atoms with Crippen LogP contribution in [0.15, 0.2) is 72.3 Å². The third-order valence-corrected chi connectivity index (χ3v) is 6.35. The van der Waals surface area contributed by atoms with Crippen molar-refractivity contribution in [3.05, 3.63) is 94.6 Å². The fourth-order valence-electron chi connectivity index (χ4n) is 4.54. The molecule has 1 atom stereocenters. The zero-order valence-corrected chi connectivity index (χ0v) is 20.5. The monoisotopic (exact) mass is 471 g/mol. The van der Waals surface area contributed by atoms with Crippen LogP contribution >= 0.6 is 0 Å². The number of aliphatic hydroxyl groups is 1. The first kappa shape index (κ1) is 24.1. The van der Waals surface area contributed by atoms with Gasteiger partial charge in [0.15, 0.2) is 0 Å². The number of ketones is 1. The first-order chi connectivity index (χ1) is 16.8. The molecule has 6 heteroatoms. The number of carbonyl (C=O) groups excluding carboxylic acids is 2. The van der Waals surface area contributed by atoms with Crippen LogP contribution in [0.2, 0.25) is 0 Å². The zero-order valence-electron chi connectivity index (χ0n) is 20.5. The lowest BCUT2D eigenvalue weighted by molar-refractivity contribution is -0.132. The van der Waals surface area contributed by atoms with Gasteiger partial charge >= 0.3 is 0 Å². The first-order valence-corrected chi connectivity index (χ1v) is 11.5. The first-order valence-electron chi connectivity index (χ1n) is 11.5. The number of nitrogens with zero attached hydrogens (tertiary/aromatic N) is 1. The average molecular weight is 472 g/mol. The quantitative estimate of drug-likeness (QED) is 0.281. The van der Waals surface area contributed by atoms with Gasteiger partial charge in [-0.15, -0.1) is 0 Å². The summed E-state index contributed by atoms with van der Waals surface area (Å²) in [5.74, 6) is -0.246. The summed E-state index contributed by atoms with van der Waals surface area (Å²) in [4.78, 5) is 28.2. The standard InChI is InChI=1S/C29H29NO5/c1-17(2)22-16-23(18(3)14-24(22)35-5)27(31)25-26(19-10-7-6-8-11-19)30(29(33)28(25)32)20-12-9-13-21(15-20)34-4/h6-17,26,31H,1-5H3/b27-25+. The van der Waals surface area contributed by atoms with Crippen LogP contribution in [0.3, 0.4) is 0 Å². The summed E-state index contributed by atoms with van der Waals surface area (Å²) in [5.41, 5.74) is 3.41. The predicted molar refractivity (Wildman–Crippen MR) is 136 cm³/mol. The summed E-state index contributed by atoms with van der Waals surface area (Å²) >= 11 is 0. The Morgan fingerprint density at radius 3 is 2.29 bits per heavy atom. The van der Waals surface area contributed by atoms with Crippen LogP contribution in [0.5, 0.6) is 11.5 Å². The molecule has 1 saturated heterocycles. The predicted octanol–water partition coefficient (Wildman–Crippen LogP) is 5.76. The molecule has 0 spiro atoms. The normalized spacial score (nSPS) is 17.2. The SMILES string of the molecule is COc1cccc(N2C(=O)C(=O)/C(=C(/O)c3cc(C(C)C)c(OC)cc3C)C2c2ccccc2)c1. The average Bonchev–Trinajstić information content (AvgIpc) is 3.14. The molecule has 1 fully saturated rings. The van der Waals surface area contributed by atoms with Gasteiger partial charge in [-0.1, -0.05) is 50.2 Å². The van der Waals surface area contributed by atoms with Gasteiger partial charge in [-0.3, -0.25) is 14.5 Å². The summed E-state index contributed by atoms with van der Waals surface area (Å²) in [6.45, 7) is 5.91. The minimum atomic E-state index is -0.799. The van der Waals surface area contributed by atoms with E-state index in [2.05, 4.69) is 0 Å². The number of aryl methyl sites for hydroxylation is 1. The molecular formula is C29H29NO5. The van der Waals surface area contributed by atoms with Gasteiger partial charge in [-0.25, -0.2) is 0 Å². The van der Waals surface area contributed by atoms with Crippen molar-refractivity contribution in [3.63, 3.8) is 0 Å². The third kappa shape index (κ3) is 4.28. The molecule has 0 bridgehead atoms. The van der Waals surface area contributed by atoms with Gasteiger partial charge in [0.1, 0.15) is 17.3 Å². The molecule has 1 amide bonds. The van der Waals surface area contributed by atoms with Crippen molar-refractivity contribution in [3.8, 4) is 11.5 Å². The van der Waals surface area contributed by atoms with Gasteiger partial charge in [-0.05, 0) is 53.8 Å². The summed E-state index contributed by atoms with van der Waals surface area (Å²) < 4.78 is 10.9. The second-order valence-electron chi connectivity index (χ2n) is 8.85. The van der Waals surface area contributed by atoms with Crippen molar-refractivity contribution in [1.29, 1.82) is 0 Å². The summed E-state index contributed by atoms with van der Waals surface area (Å²) in [6.07, 6.45) is 0. The highest BCUT2D eigenvalue weighted by atomic mass is 16.5. The summed E-state index contributed by atoms with van der Waals surface area (Å²) in [5, 5.41) is 11.6. The third-order valence-electron chi connectivity index (χ3n) is 6.35. The van der Waals surface area contributed by atoms with Crippen molar-refractivity contribution in [2.45, 2.75) is 32.7 Å². The molecular weight excluding hydrogens is 442 g/mol. The number of methoxy groups -OCH3 is 2. The maximum absolute atomic E-state index is 13.4. The van der Waals surface area contributed by atoms with Crippen molar-refractivity contribution in [2.75, 3.05) is 19.1 Å². The van der Waals surface area contributed by atoms with Crippen LogP contribution < -0.4 is 14.4 Å². The largest absolute Gasteiger partial charge is 0.507 e. The van der Waals surface area contributed by atoms with Crippen LogP contribution in [0.25, 0.3) is 5.76 Å². The van der Waals surface area contributed by atoms with Crippen LogP contribution in [0.1, 0.15) is 48.1 Å². The molecule has 0 radical (unpaired) electrons. The lowest BCUT2D eigenvalue weighted by atomic mass is 9.91. The number of hydrogen-bond acceptors (Lipinski definition) is 5. The van der Waals surface area contributed by atoms with Gasteiger partial charge in [0.25, 0.3) is 11.7 Å². The number of rotatable bonds is 6. The Morgan fingerprint density at radius 1 is 0.943 bits per heavy atom. The van der Waals surface area contributed by atoms with Gasteiger partial charge in [0.05, 0.1) is 25.8 Å². The molecule has 1 aliphatic rings. The summed E-state index contributed by atoms with van der Waals surface area (Å²) in [7, 11) is 3.15. The highest BCUT2D eigenvalue weighted by molar-refractivity contribution is 6.51. The Balaban J connectivity index is 1.97. The lowest BCUT2D eigenvalue weighted by Gasteiger charge is -2.26. The molecule has 1 aliphatic heterocycles. The fraction of sp³-hybridized carbons (Fsp3) is 0.241. The number of benzene rings is 3. The van der Waals surface area contributed by atoms with Gasteiger partial charge < -0.3 is 14.6 Å². The number of Topliss-reactive ketones (excluding diaryl/α,β-unsaturated/α-hetero) is 1. The number of amides is 1. The highest BCUT2D eigenvalue weighted by Gasteiger charge is 2.47. The molecule has 1 heterocycles. The minimum absolute atomic E-state index is 0.0481. The van der Waals surface area contributed by atoms with E-state index in [1.807, 2.05) is 63.2 Å². The highest BCUT2D eigenvalue weighted by Crippen LogP contribution is 2.43. The molecule has 35 heavy (non-hydrogen) atoms. The molecule has 1 unspecified atom stereocenters. The molecule has 180 valence electrons. The van der Waals surface area contributed by atoms with E-state index in [9.17, 15) is 14.7 Å². The molecule has 6 nitrogen and oxygen atoms in total. The van der Waals surface area contributed by atoms with Crippen molar-refractivity contribution in [2.24, 2.45) is 0 Å². The van der Waals surface area contributed by atoms with Crippen molar-refractivity contribution >= 4 is 23.1 Å². The number of hydrogen-bond donors (Lipinski definition) is 1. The van der Waals surface area contributed by atoms with Gasteiger partial charge in [-0.2, -0.15) is 0 Å². The lowest BCUT2D eigenvalue weighted by Crippen LogP contribution is -2.29. The van der Waals surface area contributed by atoms with Crippen molar-refractivity contribution in [1.82, 2.24) is 0 Å². The van der Waals surface area contributed by atoms with Crippen molar-refractivity contribution < 1.29 is 24.2 Å². The second-order valence-corrected chi connectivity index (χ2v) is 8.85. The topological polar surface area (TPSA) is 76.1 Å². The molecule has 3 aromatic carbocycles. The molecule has 0 aromatic heterocycles. The van der Waals surface area contributed by atoms with Gasteiger partial charge in [0.2, 0.25) is 0 Å². The van der Waals surface area contributed by atoms with E-state index in [4.69, 9.17) is 9.47 Å². The van der Waals surface area contributed by atoms with E-state index in [1.54, 1.807) is 38.5 Å². The summed E-state index contributed by atoms with van der Waals surface area (Å²) in [6, 6.07) is 19.1. The Morgan fingerprint density at radius 2 is 1.66 bits per heavy atom. The molecule has 1 N–H and O–H groups in total. The second kappa shape index (κ2) is 9.66. The number of aliphatic hydroxyl groups excluding tert-OH is 1. The van der Waals surface area contributed by atoms with Crippen LogP contribution in [0, 0.1) is 6.92 Å². The number of ether oxygens (including phenoxy) is 2. The Kier molecular flexibility index (Phi) is 6.65. The van der Waals surface area contributed by atoms with E-state index in [1.165, 1.54) is 4.90 Å². The smallest absolute Gasteiger partial charge is 0.300 e. The maximum Gasteiger partial charge on any atom is 0.300 e. The molecule has 0 aliphatic carbocycles. The Hall–Kier alpha value is -4.06. The van der Waals surface area contributed by atoms with E-state index >= 15 is 0 Å². The molecule has 3 aromatic rings. The van der Waals surface area contributed by atoms with E-state index in [-0.39, 0.29) is 17.3 Å². The van der Waals surface area contributed by atoms with E-state index in [0.29, 0.717) is 28.3 Å². The van der Waals surface area contributed by atoms with Crippen LogP contribution in [-0.4, -0.2) is 31.0 Å². The zero-order chi connectivity index (χ0) is 25.3. The maximum atomic E-state index is 13.4. The van der Waals surface area contributed by atoms with Crippen LogP contribution in [-0.2, 0) is 9.59 Å². The van der Waals surface area contributed by atoms with E-state index < -0.39 is 17.7 Å². The fourth-order valence-corrected chi connectivity index (χ4v) is 4.54. The molecule has 0 saturated carbocycles.